The molecule has 6 fully saturated rings. The standard InChI is InChI=1S/C42H56F2N6O9S/c1-21-32-20-50(33(21)36(51)48-42(19-27(42)35(43)44)39(53)49-60(55,56)25-12-13-25)38(52)34(41(2,3)4)47-40(54)59-31-17-22-15-23(16-22)26(31)9-7-6-8-10-29-37(58-32)46-30-18-24(57-5)11-14-28(30)45-29/h11,14,18,21-23,25-27,31-35H,6-10,12-13,15-17,19-20H2,1-5H3,(H,47,54)(H,48,51)(H,49,53). The average Bonchev–Trinajstić information content (AvgIpc) is 4.10. The monoisotopic (exact) mass is 858 g/mol. The van der Waals surface area contributed by atoms with E-state index in [1.54, 1.807) is 46.9 Å². The van der Waals surface area contributed by atoms with Crippen molar-refractivity contribution >= 4 is 44.9 Å². The number of alkyl halides is 2. The number of carbonyl (C=O) groups is 4. The number of hydrogen-bond acceptors (Lipinski definition) is 11. The molecule has 0 spiro atoms. The first-order chi connectivity index (χ1) is 28.4. The molecule has 18 heteroatoms. The number of halogens is 2. The molecule has 4 bridgehead atoms. The molecule has 328 valence electrons. The fraction of sp³-hybridized carbons (Fsp3) is 0.714. The lowest BCUT2D eigenvalue weighted by atomic mass is 9.58. The Balaban J connectivity index is 1.15. The zero-order chi connectivity index (χ0) is 42.9. The summed E-state index contributed by atoms with van der Waals surface area (Å²) < 4.78 is 74.3. The molecule has 0 radical (unpaired) electrons. The SMILES string of the molecule is COc1ccc2nc3c(nc2c1)OC1CN(C(=O)C(C(C)(C)C)NC(=O)OC2CC4CC(C4)C2CCCCC3)C(C(=O)NC2(C(=O)NS(=O)(=O)C3CC3)CC2C(F)F)C1C. The predicted molar refractivity (Wildman–Crippen MR) is 213 cm³/mol. The third kappa shape index (κ3) is 8.20. The van der Waals surface area contributed by atoms with E-state index in [-0.39, 0.29) is 24.4 Å². The van der Waals surface area contributed by atoms with Gasteiger partial charge < -0.3 is 29.7 Å². The van der Waals surface area contributed by atoms with Crippen molar-refractivity contribution in [3.05, 3.63) is 23.9 Å². The van der Waals surface area contributed by atoms with Gasteiger partial charge in [-0.15, -0.1) is 0 Å². The lowest BCUT2D eigenvalue weighted by Crippen LogP contribution is -2.61. The van der Waals surface area contributed by atoms with E-state index in [2.05, 4.69) is 10.6 Å². The quantitative estimate of drug-likeness (QED) is 0.351. The highest BCUT2D eigenvalue weighted by atomic mass is 32.2. The van der Waals surface area contributed by atoms with Gasteiger partial charge in [0.05, 0.1) is 35.9 Å². The molecule has 3 N–H and O–H groups in total. The molecule has 60 heavy (non-hydrogen) atoms. The number of benzene rings is 1. The Morgan fingerprint density at radius 3 is 2.43 bits per heavy atom. The van der Waals surface area contributed by atoms with Crippen molar-refractivity contribution in [2.75, 3.05) is 13.7 Å². The maximum atomic E-state index is 14.9. The minimum Gasteiger partial charge on any atom is -0.497 e. The number of nitrogens with one attached hydrogen (secondary N) is 3. The van der Waals surface area contributed by atoms with Crippen LogP contribution >= 0.6 is 0 Å². The van der Waals surface area contributed by atoms with Gasteiger partial charge in [0.2, 0.25) is 34.1 Å². The third-order valence-electron chi connectivity index (χ3n) is 13.8. The van der Waals surface area contributed by atoms with Crippen LogP contribution in [-0.2, 0) is 35.6 Å². The van der Waals surface area contributed by atoms with Gasteiger partial charge in [0.15, 0.2) is 0 Å². The number of methoxy groups -OCH3 is 1. The lowest BCUT2D eigenvalue weighted by molar-refractivity contribution is -0.144. The van der Waals surface area contributed by atoms with E-state index >= 15 is 0 Å². The molecule has 4 amide bonds. The molecular weight excluding hydrogens is 803 g/mol. The topological polar surface area (TPSA) is 195 Å². The van der Waals surface area contributed by atoms with E-state index in [1.807, 2.05) is 10.8 Å². The Bertz CT molecular complexity index is 2140. The van der Waals surface area contributed by atoms with Crippen LogP contribution in [0.15, 0.2) is 18.2 Å². The van der Waals surface area contributed by atoms with Crippen molar-refractivity contribution < 1.29 is 50.6 Å². The smallest absolute Gasteiger partial charge is 0.408 e. The highest BCUT2D eigenvalue weighted by molar-refractivity contribution is 7.91. The first-order valence-corrected chi connectivity index (χ1v) is 22.9. The number of amides is 4. The minimum atomic E-state index is -4.15. The van der Waals surface area contributed by atoms with Gasteiger partial charge in [-0.2, -0.15) is 0 Å². The Labute approximate surface area is 348 Å². The van der Waals surface area contributed by atoms with Gasteiger partial charge in [-0.05, 0) is 93.1 Å². The van der Waals surface area contributed by atoms with Crippen LogP contribution in [0.25, 0.3) is 11.0 Å². The second-order valence-corrected chi connectivity index (χ2v) is 21.0. The number of ether oxygens (including phenoxy) is 3. The van der Waals surface area contributed by atoms with E-state index in [0.717, 1.165) is 44.9 Å². The number of alkyl carbamates (subject to hydrolysis) is 1. The first kappa shape index (κ1) is 42.3. The Hall–Kier alpha value is -4.35. The van der Waals surface area contributed by atoms with Gasteiger partial charge in [-0.1, -0.05) is 40.5 Å². The summed E-state index contributed by atoms with van der Waals surface area (Å²) in [6, 6.07) is 2.73. The molecule has 2 aliphatic heterocycles. The molecule has 2 aromatic rings. The number of aromatic nitrogens is 2. The molecule has 15 nitrogen and oxygen atoms in total. The zero-order valence-corrected chi connectivity index (χ0v) is 35.6. The van der Waals surface area contributed by atoms with Gasteiger partial charge in [-0.25, -0.2) is 32.0 Å². The minimum absolute atomic E-state index is 0.180. The summed E-state index contributed by atoms with van der Waals surface area (Å²) in [7, 11) is -2.61. The summed E-state index contributed by atoms with van der Waals surface area (Å²) >= 11 is 0. The molecule has 9 rings (SSSR count). The van der Waals surface area contributed by atoms with Crippen LogP contribution in [0.4, 0.5) is 13.6 Å². The van der Waals surface area contributed by atoms with E-state index in [0.29, 0.717) is 53.6 Å². The molecule has 1 aromatic carbocycles. The van der Waals surface area contributed by atoms with Crippen molar-refractivity contribution in [2.45, 2.75) is 140 Å². The normalized spacial score (nSPS) is 33.5. The number of sulfonamides is 1. The number of rotatable bonds is 7. The van der Waals surface area contributed by atoms with Crippen LogP contribution < -0.4 is 24.8 Å². The van der Waals surface area contributed by atoms with Gasteiger partial charge in [0, 0.05) is 12.0 Å². The number of carbonyl (C=O) groups excluding carboxylic acids is 4. The third-order valence-corrected chi connectivity index (χ3v) is 15.6. The number of aryl methyl sites for hydroxylation is 1. The maximum absolute atomic E-state index is 14.9. The summed E-state index contributed by atoms with van der Waals surface area (Å²) in [5.41, 5.74) is -1.41. The van der Waals surface area contributed by atoms with Gasteiger partial charge >= 0.3 is 6.09 Å². The molecule has 5 saturated carbocycles. The zero-order valence-electron chi connectivity index (χ0n) is 34.7. The van der Waals surface area contributed by atoms with Crippen molar-refractivity contribution in [3.63, 3.8) is 0 Å². The molecule has 5 aliphatic carbocycles. The van der Waals surface area contributed by atoms with Crippen LogP contribution in [0.5, 0.6) is 11.6 Å². The molecule has 8 atom stereocenters. The second kappa shape index (κ2) is 15.8. The first-order valence-electron chi connectivity index (χ1n) is 21.3. The summed E-state index contributed by atoms with van der Waals surface area (Å²) in [5, 5.41) is 4.51. The van der Waals surface area contributed by atoms with Gasteiger partial charge in [0.25, 0.3) is 5.91 Å². The molecule has 1 aromatic heterocycles. The largest absolute Gasteiger partial charge is 0.497 e. The second-order valence-electron chi connectivity index (χ2n) is 19.0. The molecular formula is C42H56F2N6O9S. The van der Waals surface area contributed by atoms with Crippen molar-refractivity contribution in [2.24, 2.45) is 35.0 Å². The fourth-order valence-electron chi connectivity index (χ4n) is 9.97. The molecule has 8 unspecified atom stereocenters. The van der Waals surface area contributed by atoms with Crippen LogP contribution in [0.1, 0.15) is 97.6 Å². The van der Waals surface area contributed by atoms with Crippen LogP contribution in [0, 0.1) is 35.0 Å². The van der Waals surface area contributed by atoms with E-state index in [9.17, 15) is 36.4 Å². The van der Waals surface area contributed by atoms with Crippen LogP contribution in [0.2, 0.25) is 0 Å². The lowest BCUT2D eigenvalue weighted by Gasteiger charge is -2.50. The predicted octanol–water partition coefficient (Wildman–Crippen LogP) is 4.65. The number of nitrogens with zero attached hydrogens (tertiary/aromatic N) is 3. The van der Waals surface area contributed by atoms with Gasteiger partial charge in [0.1, 0.15) is 41.3 Å². The van der Waals surface area contributed by atoms with Crippen LogP contribution in [0.3, 0.4) is 0 Å². The van der Waals surface area contributed by atoms with E-state index in [4.69, 9.17) is 24.2 Å². The van der Waals surface area contributed by atoms with E-state index in [1.165, 1.54) is 4.90 Å². The Kier molecular flexibility index (Phi) is 11.2. The van der Waals surface area contributed by atoms with Crippen molar-refractivity contribution in [3.8, 4) is 11.6 Å². The molecule has 1 saturated heterocycles. The Morgan fingerprint density at radius 1 is 1.02 bits per heavy atom. The highest BCUT2D eigenvalue weighted by Crippen LogP contribution is 2.52. The molecule has 7 aliphatic rings. The number of hydrogen-bond donors (Lipinski definition) is 3. The van der Waals surface area contributed by atoms with Crippen LogP contribution in [-0.4, -0.2) is 102 Å². The molecule has 3 heterocycles. The van der Waals surface area contributed by atoms with Crippen molar-refractivity contribution in [1.29, 1.82) is 0 Å². The summed E-state index contributed by atoms with van der Waals surface area (Å²) in [6.45, 7) is 6.80. The fourth-order valence-corrected chi connectivity index (χ4v) is 11.3. The summed E-state index contributed by atoms with van der Waals surface area (Å²) in [6.07, 6.45) is 2.16. The Morgan fingerprint density at radius 2 is 1.77 bits per heavy atom. The highest BCUT2D eigenvalue weighted by Gasteiger charge is 2.67. The summed E-state index contributed by atoms with van der Waals surface area (Å²) in [4.78, 5) is 68.0. The van der Waals surface area contributed by atoms with Gasteiger partial charge in [-0.3, -0.25) is 19.1 Å². The average molecular weight is 859 g/mol. The summed E-state index contributed by atoms with van der Waals surface area (Å²) in [5.74, 6) is -3.40. The van der Waals surface area contributed by atoms with E-state index < -0.39 is 92.9 Å². The van der Waals surface area contributed by atoms with Crippen molar-refractivity contribution in [1.82, 2.24) is 30.2 Å². The number of fused-ring (bicyclic) bond motifs is 4. The maximum Gasteiger partial charge on any atom is 0.408 e.